The van der Waals surface area contributed by atoms with E-state index in [0.717, 1.165) is 0 Å². The van der Waals surface area contributed by atoms with E-state index in [2.05, 4.69) is 0 Å². The first-order chi connectivity index (χ1) is 10.1. The van der Waals surface area contributed by atoms with Crippen molar-refractivity contribution in [1.29, 1.82) is 5.26 Å². The Kier molecular flexibility index (Phi) is 3.85. The van der Waals surface area contributed by atoms with Gasteiger partial charge in [0.25, 0.3) is 0 Å². The second kappa shape index (κ2) is 5.64. The predicted octanol–water partition coefficient (Wildman–Crippen LogP) is 0.740. The third-order valence-electron chi connectivity index (χ3n) is 3.77. The molecule has 0 radical (unpaired) electrons. The van der Waals surface area contributed by atoms with Crippen LogP contribution in [0.4, 0.5) is 0 Å². The Balaban J connectivity index is 1.54. The van der Waals surface area contributed by atoms with Crippen molar-refractivity contribution < 1.29 is 17.9 Å². The zero-order valence-electron chi connectivity index (χ0n) is 11.4. The molecule has 0 spiro atoms. The van der Waals surface area contributed by atoms with E-state index in [9.17, 15) is 8.42 Å². The third-order valence-corrected chi connectivity index (χ3v) is 6.00. The van der Waals surface area contributed by atoms with Crippen molar-refractivity contribution in [3.63, 3.8) is 0 Å². The van der Waals surface area contributed by atoms with E-state index in [4.69, 9.17) is 14.7 Å². The van der Waals surface area contributed by atoms with Gasteiger partial charge in [0.15, 0.2) is 0 Å². The average molecular weight is 308 g/mol. The quantitative estimate of drug-likeness (QED) is 0.819. The van der Waals surface area contributed by atoms with Crippen molar-refractivity contribution in [1.82, 2.24) is 4.31 Å². The van der Waals surface area contributed by atoms with Crippen LogP contribution in [0.1, 0.15) is 12.0 Å². The Bertz CT molecular complexity index is 639. The maximum Gasteiger partial charge on any atom is 0.219 e. The van der Waals surface area contributed by atoms with Gasteiger partial charge in [-0.15, -0.1) is 0 Å². The van der Waals surface area contributed by atoms with Crippen LogP contribution in [0.25, 0.3) is 0 Å². The number of ether oxygens (including phenoxy) is 2. The molecule has 2 fully saturated rings. The van der Waals surface area contributed by atoms with Gasteiger partial charge in [0.2, 0.25) is 10.0 Å². The van der Waals surface area contributed by atoms with Gasteiger partial charge >= 0.3 is 0 Å². The van der Waals surface area contributed by atoms with Crippen LogP contribution < -0.4 is 4.74 Å². The van der Waals surface area contributed by atoms with Gasteiger partial charge in [-0.05, 0) is 30.7 Å². The van der Waals surface area contributed by atoms with Gasteiger partial charge in [-0.2, -0.15) is 9.57 Å². The highest BCUT2D eigenvalue weighted by atomic mass is 32.2. The first kappa shape index (κ1) is 14.3. The minimum absolute atomic E-state index is 0.130. The number of rotatable bonds is 4. The Morgan fingerprint density at radius 1 is 1.29 bits per heavy atom. The molecular weight excluding hydrogens is 292 g/mol. The van der Waals surface area contributed by atoms with E-state index < -0.39 is 15.3 Å². The number of hydrogen-bond donors (Lipinski definition) is 0. The molecule has 0 aromatic heterocycles. The van der Waals surface area contributed by atoms with Crippen LogP contribution in [0, 0.1) is 11.3 Å². The molecule has 2 saturated heterocycles. The van der Waals surface area contributed by atoms with E-state index >= 15 is 0 Å². The van der Waals surface area contributed by atoms with Crippen LogP contribution >= 0.6 is 0 Å². The molecule has 3 rings (SSSR count). The van der Waals surface area contributed by atoms with E-state index in [-0.39, 0.29) is 6.10 Å². The molecule has 2 heterocycles. The average Bonchev–Trinajstić information content (AvgIpc) is 2.97. The van der Waals surface area contributed by atoms with Gasteiger partial charge in [0.1, 0.15) is 17.1 Å². The summed E-state index contributed by atoms with van der Waals surface area (Å²) in [6, 6.07) is 8.84. The number of hydrogen-bond acceptors (Lipinski definition) is 5. The molecule has 6 nitrogen and oxygen atoms in total. The Labute approximate surface area is 123 Å². The van der Waals surface area contributed by atoms with Crippen molar-refractivity contribution in [3.8, 4) is 11.8 Å². The molecule has 1 unspecified atom stereocenters. The summed E-state index contributed by atoms with van der Waals surface area (Å²) in [5, 5.41) is 8.31. The van der Waals surface area contributed by atoms with Gasteiger partial charge in [0, 0.05) is 6.61 Å². The minimum Gasteiger partial charge on any atom is -0.488 e. The normalized spacial score (nSPS) is 23.5. The van der Waals surface area contributed by atoms with Crippen molar-refractivity contribution in [2.45, 2.75) is 17.8 Å². The maximum atomic E-state index is 12.3. The molecule has 0 N–H and O–H groups in total. The van der Waals surface area contributed by atoms with E-state index in [1.807, 2.05) is 6.07 Å². The lowest BCUT2D eigenvalue weighted by Crippen LogP contribution is -2.58. The van der Waals surface area contributed by atoms with Crippen LogP contribution in [0.2, 0.25) is 0 Å². The SMILES string of the molecule is N#Cc1ccc(OC2CN(S(=O)(=O)C3CCOC3)C2)cc1. The lowest BCUT2D eigenvalue weighted by Gasteiger charge is -2.39. The van der Waals surface area contributed by atoms with Gasteiger partial charge < -0.3 is 9.47 Å². The zero-order valence-corrected chi connectivity index (χ0v) is 12.3. The molecule has 2 aliphatic heterocycles. The van der Waals surface area contributed by atoms with Gasteiger partial charge in [-0.25, -0.2) is 8.42 Å². The lowest BCUT2D eigenvalue weighted by molar-refractivity contribution is 0.0752. The molecule has 1 aromatic carbocycles. The Morgan fingerprint density at radius 2 is 2.00 bits per heavy atom. The van der Waals surface area contributed by atoms with E-state index in [0.29, 0.717) is 44.0 Å². The number of nitrogens with zero attached hydrogens (tertiary/aromatic N) is 2. The summed E-state index contributed by atoms with van der Waals surface area (Å²) >= 11 is 0. The van der Waals surface area contributed by atoms with Crippen molar-refractivity contribution in [3.05, 3.63) is 29.8 Å². The van der Waals surface area contributed by atoms with Crippen molar-refractivity contribution >= 4 is 10.0 Å². The lowest BCUT2D eigenvalue weighted by atomic mass is 10.2. The summed E-state index contributed by atoms with van der Waals surface area (Å²) in [5.74, 6) is 0.653. The fourth-order valence-electron chi connectivity index (χ4n) is 2.44. The zero-order chi connectivity index (χ0) is 14.9. The van der Waals surface area contributed by atoms with Crippen molar-refractivity contribution in [2.75, 3.05) is 26.3 Å². The third kappa shape index (κ3) is 2.88. The summed E-state index contributed by atoms with van der Waals surface area (Å²) in [6.07, 6.45) is 0.440. The summed E-state index contributed by atoms with van der Waals surface area (Å²) in [6.45, 7) is 1.56. The maximum absolute atomic E-state index is 12.3. The molecule has 21 heavy (non-hydrogen) atoms. The largest absolute Gasteiger partial charge is 0.488 e. The minimum atomic E-state index is -3.25. The second-order valence-corrected chi connectivity index (χ2v) is 7.44. The van der Waals surface area contributed by atoms with Crippen LogP contribution in [0.15, 0.2) is 24.3 Å². The first-order valence-electron chi connectivity index (χ1n) is 6.83. The predicted molar refractivity (Wildman–Crippen MR) is 75.3 cm³/mol. The molecule has 7 heteroatoms. The number of benzene rings is 1. The molecule has 0 amide bonds. The smallest absolute Gasteiger partial charge is 0.219 e. The van der Waals surface area contributed by atoms with Crippen LogP contribution in [0.5, 0.6) is 5.75 Å². The van der Waals surface area contributed by atoms with Crippen LogP contribution in [-0.4, -0.2) is 50.4 Å². The van der Waals surface area contributed by atoms with E-state index in [1.54, 1.807) is 24.3 Å². The molecular formula is C14H16N2O4S. The Morgan fingerprint density at radius 3 is 2.57 bits per heavy atom. The molecule has 0 aliphatic carbocycles. The molecule has 0 saturated carbocycles. The summed E-state index contributed by atoms with van der Waals surface area (Å²) in [7, 11) is -3.25. The monoisotopic (exact) mass is 308 g/mol. The second-order valence-electron chi connectivity index (χ2n) is 5.22. The van der Waals surface area contributed by atoms with Gasteiger partial charge in [0.05, 0.1) is 31.3 Å². The van der Waals surface area contributed by atoms with Crippen molar-refractivity contribution in [2.24, 2.45) is 0 Å². The molecule has 2 aliphatic rings. The molecule has 1 atom stereocenters. The topological polar surface area (TPSA) is 79.6 Å². The fourth-order valence-corrected chi connectivity index (χ4v) is 4.27. The summed E-state index contributed by atoms with van der Waals surface area (Å²) in [5.41, 5.74) is 0.571. The summed E-state index contributed by atoms with van der Waals surface area (Å²) in [4.78, 5) is 0. The van der Waals surface area contributed by atoms with Crippen LogP contribution in [-0.2, 0) is 14.8 Å². The number of nitriles is 1. The highest BCUT2D eigenvalue weighted by Crippen LogP contribution is 2.25. The van der Waals surface area contributed by atoms with Gasteiger partial charge in [-0.3, -0.25) is 0 Å². The van der Waals surface area contributed by atoms with Crippen LogP contribution in [0.3, 0.4) is 0 Å². The highest BCUT2D eigenvalue weighted by molar-refractivity contribution is 7.89. The van der Waals surface area contributed by atoms with E-state index in [1.165, 1.54) is 4.31 Å². The van der Waals surface area contributed by atoms with Gasteiger partial charge in [-0.1, -0.05) is 0 Å². The number of sulfonamides is 1. The Hall–Kier alpha value is -1.62. The molecule has 1 aromatic rings. The standard InChI is InChI=1S/C14H16N2O4S/c15-7-11-1-3-12(4-2-11)20-13-8-16(9-13)21(17,18)14-5-6-19-10-14/h1-4,13-14H,5-6,8-10H2. The first-order valence-corrected chi connectivity index (χ1v) is 8.33. The molecule has 112 valence electrons. The molecule has 0 bridgehead atoms. The highest BCUT2D eigenvalue weighted by Gasteiger charge is 2.42. The fraction of sp³-hybridized carbons (Fsp3) is 0.500. The summed E-state index contributed by atoms with van der Waals surface area (Å²) < 4.78 is 36.8.